The zero-order chi connectivity index (χ0) is 57.5. The predicted molar refractivity (Wildman–Crippen MR) is 351 cm³/mol. The van der Waals surface area contributed by atoms with Crippen LogP contribution in [0.1, 0.15) is 143 Å². The molecule has 0 aliphatic carbocycles. The highest BCUT2D eigenvalue weighted by molar-refractivity contribution is 7.00. The van der Waals surface area contributed by atoms with E-state index >= 15 is 0 Å². The lowest BCUT2D eigenvalue weighted by molar-refractivity contribution is 0.590. The van der Waals surface area contributed by atoms with Crippen molar-refractivity contribution >= 4 is 96.2 Å². The molecule has 3 heterocycles. The van der Waals surface area contributed by atoms with Crippen molar-refractivity contribution in [3.8, 4) is 11.1 Å². The summed E-state index contributed by atoms with van der Waals surface area (Å²) in [4.78, 5) is 7.76. The third-order valence-corrected chi connectivity index (χ3v) is 17.3. The summed E-state index contributed by atoms with van der Waals surface area (Å²) in [6.45, 7) is 38.9. The third kappa shape index (κ3) is 9.45. The van der Waals surface area contributed by atoms with E-state index in [2.05, 4.69) is 308 Å². The van der Waals surface area contributed by atoms with Crippen molar-refractivity contribution in [3.05, 3.63) is 215 Å². The number of aryl methyl sites for hydroxylation is 2. The van der Waals surface area contributed by atoms with Gasteiger partial charge in [-0.25, -0.2) is 0 Å². The molecule has 2 aliphatic heterocycles. The van der Waals surface area contributed by atoms with Gasteiger partial charge < -0.3 is 19.1 Å². The Labute approximate surface area is 483 Å². The second kappa shape index (κ2) is 18.9. The van der Waals surface area contributed by atoms with E-state index in [0.29, 0.717) is 0 Å². The van der Waals surface area contributed by atoms with E-state index in [0.717, 1.165) is 61.8 Å². The van der Waals surface area contributed by atoms with Crippen LogP contribution >= 0.6 is 0 Å². The number of fused-ring (bicyclic) bond motifs is 7. The number of benzene rings is 9. The minimum absolute atomic E-state index is 0.00323. The van der Waals surface area contributed by atoms with Crippen LogP contribution in [0.2, 0.25) is 0 Å². The van der Waals surface area contributed by atoms with Gasteiger partial charge in [0.2, 0.25) is 0 Å². The number of nitrogens with zero attached hydrogens (tertiary/aromatic N) is 3. The maximum absolute atomic E-state index is 7.27. The summed E-state index contributed by atoms with van der Waals surface area (Å²) in [5, 5.41) is 2.16. The van der Waals surface area contributed by atoms with Crippen LogP contribution in [0, 0.1) is 13.8 Å². The molecule has 4 nitrogen and oxygen atoms in total. The Balaban J connectivity index is 1.29. The predicted octanol–water partition coefficient (Wildman–Crippen LogP) is 19.9. The lowest BCUT2D eigenvalue weighted by atomic mass is 9.33. The quantitative estimate of drug-likeness (QED) is 0.155. The van der Waals surface area contributed by atoms with E-state index < -0.39 is 0 Å². The number of hydrogen-bond donors (Lipinski definition) is 0. The second-order valence-corrected chi connectivity index (χ2v) is 28.6. The molecule has 0 bridgehead atoms. The summed E-state index contributed by atoms with van der Waals surface area (Å²) in [5.74, 6) is 0. The minimum atomic E-state index is -0.199. The van der Waals surface area contributed by atoms with Gasteiger partial charge >= 0.3 is 0 Å². The molecule has 0 unspecified atom stereocenters. The molecule has 10 aromatic rings. The molecule has 2 aliphatic rings. The first kappa shape index (κ1) is 53.9. The highest BCUT2D eigenvalue weighted by atomic mass is 16.3. The van der Waals surface area contributed by atoms with Gasteiger partial charge in [-0.1, -0.05) is 212 Å². The van der Waals surface area contributed by atoms with Gasteiger partial charge in [0.1, 0.15) is 11.2 Å². The number of hydrogen-bond acceptors (Lipinski definition) is 4. The SMILES string of the molecule is Cc1cc(C)cc(-c2cc3c4c(c2)N(c2ccc(C(C)(C)C)cc2)c2c(cc5oc6ccccc6c5c2N(c2ccc(C(C)(C)C)cc2)c2ccc(C(C)(C)C)cc2)B4c2cc(C(C)(C)C)ccc2N3c2ccc(C(C)(C)C)cc2)c1. The largest absolute Gasteiger partial charge is 0.456 e. The summed E-state index contributed by atoms with van der Waals surface area (Å²) in [6, 6.07) is 68.0. The first-order chi connectivity index (χ1) is 38.1. The maximum Gasteiger partial charge on any atom is 0.252 e. The second-order valence-electron chi connectivity index (χ2n) is 28.6. The fourth-order valence-corrected chi connectivity index (χ4v) is 12.7. The van der Waals surface area contributed by atoms with E-state index in [4.69, 9.17) is 4.42 Å². The molecular weight excluding hydrogens is 982 g/mol. The molecule has 0 fully saturated rings. The maximum atomic E-state index is 7.27. The van der Waals surface area contributed by atoms with E-state index in [-0.39, 0.29) is 33.8 Å². The molecule has 0 atom stereocenters. The van der Waals surface area contributed by atoms with Gasteiger partial charge in [-0.15, -0.1) is 0 Å². The molecule has 12 rings (SSSR count). The summed E-state index contributed by atoms with van der Waals surface area (Å²) in [5.41, 5.74) is 26.7. The molecule has 0 radical (unpaired) electrons. The Kier molecular flexibility index (Phi) is 12.6. The Morgan fingerprint density at radius 1 is 0.383 bits per heavy atom. The van der Waals surface area contributed by atoms with Crippen LogP contribution in [-0.4, -0.2) is 6.71 Å². The Hall–Kier alpha value is -7.76. The molecule has 5 heteroatoms. The summed E-state index contributed by atoms with van der Waals surface area (Å²) < 4.78 is 7.27. The van der Waals surface area contributed by atoms with Crippen molar-refractivity contribution < 1.29 is 4.42 Å². The zero-order valence-electron chi connectivity index (χ0n) is 51.1. The van der Waals surface area contributed by atoms with Crippen LogP contribution in [0.5, 0.6) is 0 Å². The van der Waals surface area contributed by atoms with E-state index in [9.17, 15) is 0 Å². The lowest BCUT2D eigenvalue weighted by Crippen LogP contribution is -2.61. The third-order valence-electron chi connectivity index (χ3n) is 17.3. The highest BCUT2D eigenvalue weighted by Gasteiger charge is 2.47. The Morgan fingerprint density at radius 2 is 0.815 bits per heavy atom. The van der Waals surface area contributed by atoms with Crippen molar-refractivity contribution in [3.63, 3.8) is 0 Å². The van der Waals surface area contributed by atoms with E-state index in [1.54, 1.807) is 0 Å². The molecule has 0 N–H and O–H groups in total. The van der Waals surface area contributed by atoms with Gasteiger partial charge in [0.25, 0.3) is 6.71 Å². The van der Waals surface area contributed by atoms with Crippen molar-refractivity contribution in [2.45, 2.75) is 145 Å². The Bertz CT molecular complexity index is 3990. The lowest BCUT2D eigenvalue weighted by Gasteiger charge is -2.46. The molecular formula is C76H80BN3O. The monoisotopic (exact) mass is 1060 g/mol. The average Bonchev–Trinajstić information content (AvgIpc) is 1.96. The standard InChI is InChI=1S/C76H80BN3O/c1-47-40-48(2)42-49(41-47)50-43-64-69-65(44-50)80(59-37-28-54(29-38-59)75(12,13)14)70-62(77(69)61-45-55(76(15,16)17)30-39-63(61)79(64)58-35-26-53(27-36-58)74(9,10)11)46-67-68(60-20-18-19-21-66(60)81-67)71(70)78(56-31-22-51(23-32-56)72(3,4)5)57-33-24-52(25-34-57)73(6,7)8/h18-46H,1-17H3. The molecule has 81 heavy (non-hydrogen) atoms. The topological polar surface area (TPSA) is 22.9 Å². The van der Waals surface area contributed by atoms with Crippen molar-refractivity contribution in [1.29, 1.82) is 0 Å². The van der Waals surface area contributed by atoms with Crippen LogP contribution < -0.4 is 31.1 Å². The van der Waals surface area contributed by atoms with Gasteiger partial charge in [0.05, 0.1) is 16.8 Å². The smallest absolute Gasteiger partial charge is 0.252 e. The van der Waals surface area contributed by atoms with E-state index in [1.165, 1.54) is 77.8 Å². The minimum Gasteiger partial charge on any atom is -0.456 e. The summed E-state index contributed by atoms with van der Waals surface area (Å²) >= 11 is 0. The average molecular weight is 1060 g/mol. The van der Waals surface area contributed by atoms with Crippen LogP contribution in [0.4, 0.5) is 51.2 Å². The van der Waals surface area contributed by atoms with Crippen LogP contribution in [0.15, 0.2) is 180 Å². The molecule has 1 aromatic heterocycles. The van der Waals surface area contributed by atoms with Gasteiger partial charge in [0.15, 0.2) is 0 Å². The van der Waals surface area contributed by atoms with Gasteiger partial charge in [-0.3, -0.25) is 0 Å². The van der Waals surface area contributed by atoms with Crippen molar-refractivity contribution in [2.75, 3.05) is 14.7 Å². The van der Waals surface area contributed by atoms with Crippen LogP contribution in [0.25, 0.3) is 33.1 Å². The van der Waals surface area contributed by atoms with Crippen molar-refractivity contribution in [1.82, 2.24) is 0 Å². The first-order valence-electron chi connectivity index (χ1n) is 29.4. The van der Waals surface area contributed by atoms with Crippen LogP contribution in [0.3, 0.4) is 0 Å². The highest BCUT2D eigenvalue weighted by Crippen LogP contribution is 2.55. The van der Waals surface area contributed by atoms with Crippen LogP contribution in [-0.2, 0) is 27.1 Å². The van der Waals surface area contributed by atoms with Gasteiger partial charge in [0, 0.05) is 45.2 Å². The number of anilines is 9. The van der Waals surface area contributed by atoms with Gasteiger partial charge in [-0.2, -0.15) is 0 Å². The Morgan fingerprint density at radius 3 is 1.31 bits per heavy atom. The fraction of sp³-hybridized carbons (Fsp3) is 0.289. The van der Waals surface area contributed by atoms with Crippen molar-refractivity contribution in [2.24, 2.45) is 0 Å². The summed E-state index contributed by atoms with van der Waals surface area (Å²) in [6.07, 6.45) is 0. The fourth-order valence-electron chi connectivity index (χ4n) is 12.7. The zero-order valence-corrected chi connectivity index (χ0v) is 51.1. The normalized spacial score (nSPS) is 13.7. The molecule has 0 spiro atoms. The molecule has 9 aromatic carbocycles. The molecule has 0 amide bonds. The number of para-hydroxylation sites is 1. The summed E-state index contributed by atoms with van der Waals surface area (Å²) in [7, 11) is 0. The number of furan rings is 1. The van der Waals surface area contributed by atoms with Gasteiger partial charge in [-0.05, 0) is 175 Å². The number of rotatable bonds is 6. The molecule has 408 valence electrons. The molecule has 0 saturated heterocycles. The van der Waals surface area contributed by atoms with E-state index in [1.807, 2.05) is 0 Å². The first-order valence-corrected chi connectivity index (χ1v) is 29.4. The molecule has 0 saturated carbocycles.